The first kappa shape index (κ1) is 20.7. The van der Waals surface area contributed by atoms with Crippen LogP contribution in [0.2, 0.25) is 5.02 Å². The highest BCUT2D eigenvalue weighted by atomic mass is 35.5. The minimum absolute atomic E-state index is 0.177. The zero-order chi connectivity index (χ0) is 17.9. The van der Waals surface area contributed by atoms with Gasteiger partial charge in [-0.05, 0) is 69.9 Å². The van der Waals surface area contributed by atoms with Crippen molar-refractivity contribution in [1.82, 2.24) is 4.90 Å². The molecule has 25 heavy (non-hydrogen) atoms. The van der Waals surface area contributed by atoms with E-state index in [2.05, 4.69) is 4.90 Å². The monoisotopic (exact) mass is 405 g/mol. The van der Waals surface area contributed by atoms with Gasteiger partial charge in [-0.25, -0.2) is 0 Å². The number of hydrogen-bond acceptors (Lipinski definition) is 3. The van der Waals surface area contributed by atoms with Gasteiger partial charge in [0.05, 0.1) is 11.6 Å². The Kier molecular flexibility index (Phi) is 9.85. The summed E-state index contributed by atoms with van der Waals surface area (Å²) in [4.78, 5) is 2.58. The molecular weight excluding hydrogens is 381 g/mol. The second-order valence-electron chi connectivity index (χ2n) is 6.21. The summed E-state index contributed by atoms with van der Waals surface area (Å²) in [5.41, 5.74) is 0. The summed E-state index contributed by atoms with van der Waals surface area (Å²) in [6.45, 7) is 4.76. The molecule has 1 aromatic carbocycles. The molecule has 0 radical (unpaired) electrons. The lowest BCUT2D eigenvalue weighted by molar-refractivity contribution is 0.221. The Balaban J connectivity index is 1.60. The zero-order valence-corrected chi connectivity index (χ0v) is 16.8. The average molecular weight is 407 g/mol. The lowest BCUT2D eigenvalue weighted by atomic mass is 10.1. The Bertz CT molecular complexity index is 541. The van der Waals surface area contributed by atoms with E-state index in [4.69, 9.17) is 44.3 Å². The van der Waals surface area contributed by atoms with E-state index in [9.17, 15) is 0 Å². The highest BCUT2D eigenvalue weighted by Crippen LogP contribution is 2.29. The number of benzene rings is 1. The second-order valence-corrected chi connectivity index (χ2v) is 7.62. The number of ether oxygens (including phenoxy) is 2. The first-order valence-corrected chi connectivity index (χ1v) is 10.1. The van der Waals surface area contributed by atoms with E-state index in [0.29, 0.717) is 17.4 Å². The van der Waals surface area contributed by atoms with E-state index in [1.54, 1.807) is 18.2 Å². The lowest BCUT2D eigenvalue weighted by Crippen LogP contribution is -2.30. The molecule has 1 fully saturated rings. The highest BCUT2D eigenvalue weighted by Gasteiger charge is 2.09. The van der Waals surface area contributed by atoms with Gasteiger partial charge in [0.1, 0.15) is 22.6 Å². The van der Waals surface area contributed by atoms with Crippen molar-refractivity contribution in [2.45, 2.75) is 38.5 Å². The minimum Gasteiger partial charge on any atom is -0.494 e. The maximum absolute atomic E-state index is 6.20. The second kappa shape index (κ2) is 11.9. The predicted molar refractivity (Wildman–Crippen MR) is 106 cm³/mol. The third-order valence-corrected chi connectivity index (χ3v) is 4.82. The van der Waals surface area contributed by atoms with Crippen LogP contribution in [0, 0.1) is 0 Å². The SMILES string of the molecule is ClC(Cl)=CCOc1ccc(OCCCCCN2CCCCC2)cc1Cl. The van der Waals surface area contributed by atoms with Crippen LogP contribution >= 0.6 is 34.8 Å². The van der Waals surface area contributed by atoms with E-state index in [-0.39, 0.29) is 11.1 Å². The van der Waals surface area contributed by atoms with Crippen LogP contribution in [0.1, 0.15) is 38.5 Å². The van der Waals surface area contributed by atoms with E-state index < -0.39 is 0 Å². The third-order valence-electron chi connectivity index (χ3n) is 4.22. The molecule has 0 amide bonds. The Hall–Kier alpha value is -0.610. The summed E-state index contributed by atoms with van der Waals surface area (Å²) < 4.78 is 11.4. The molecule has 140 valence electrons. The smallest absolute Gasteiger partial charge is 0.138 e. The molecule has 2 rings (SSSR count). The predicted octanol–water partition coefficient (Wildman–Crippen LogP) is 6.07. The van der Waals surface area contributed by atoms with Gasteiger partial charge in [-0.2, -0.15) is 0 Å². The van der Waals surface area contributed by atoms with Crippen LogP contribution in [0.4, 0.5) is 0 Å². The van der Waals surface area contributed by atoms with Gasteiger partial charge in [0.25, 0.3) is 0 Å². The molecule has 1 saturated heterocycles. The molecule has 0 spiro atoms. The number of hydrogen-bond donors (Lipinski definition) is 0. The van der Waals surface area contributed by atoms with Gasteiger partial charge < -0.3 is 14.4 Å². The van der Waals surface area contributed by atoms with E-state index in [0.717, 1.165) is 12.2 Å². The number of unbranched alkanes of at least 4 members (excludes halogenated alkanes) is 2. The lowest BCUT2D eigenvalue weighted by Gasteiger charge is -2.26. The van der Waals surface area contributed by atoms with E-state index >= 15 is 0 Å². The first-order valence-electron chi connectivity index (χ1n) is 8.94. The number of likely N-dealkylation sites (tertiary alicyclic amines) is 1. The molecule has 1 heterocycles. The fraction of sp³-hybridized carbons (Fsp3) is 0.579. The largest absolute Gasteiger partial charge is 0.494 e. The standard InChI is InChI=1S/C19H26Cl3NO2/c20-17-15-16(7-8-18(17)25-14-9-19(21)22)24-13-6-2-5-12-23-10-3-1-4-11-23/h7-9,15H,1-6,10-14H2. The number of nitrogens with zero attached hydrogens (tertiary/aromatic N) is 1. The van der Waals surface area contributed by atoms with Crippen LogP contribution < -0.4 is 9.47 Å². The van der Waals surface area contributed by atoms with Crippen LogP contribution in [-0.2, 0) is 0 Å². The maximum Gasteiger partial charge on any atom is 0.138 e. The van der Waals surface area contributed by atoms with Gasteiger partial charge in [-0.1, -0.05) is 41.2 Å². The Morgan fingerprint density at radius 1 is 1.04 bits per heavy atom. The molecule has 0 aromatic heterocycles. The Morgan fingerprint density at radius 2 is 1.84 bits per heavy atom. The van der Waals surface area contributed by atoms with Crippen molar-refractivity contribution in [2.75, 3.05) is 32.8 Å². The molecule has 1 aliphatic heterocycles. The fourth-order valence-electron chi connectivity index (χ4n) is 2.87. The summed E-state index contributed by atoms with van der Waals surface area (Å²) in [7, 11) is 0. The molecule has 0 N–H and O–H groups in total. The van der Waals surface area contributed by atoms with Crippen LogP contribution in [0.25, 0.3) is 0 Å². The summed E-state index contributed by atoms with van der Waals surface area (Å²) in [5.74, 6) is 1.35. The summed E-state index contributed by atoms with van der Waals surface area (Å²) in [5, 5.41) is 0.515. The Morgan fingerprint density at radius 3 is 2.56 bits per heavy atom. The van der Waals surface area contributed by atoms with Gasteiger partial charge in [-0.3, -0.25) is 0 Å². The van der Waals surface area contributed by atoms with E-state index in [1.807, 2.05) is 6.07 Å². The number of rotatable bonds is 10. The van der Waals surface area contributed by atoms with Gasteiger partial charge in [0.15, 0.2) is 0 Å². The van der Waals surface area contributed by atoms with Crippen molar-refractivity contribution in [2.24, 2.45) is 0 Å². The van der Waals surface area contributed by atoms with Gasteiger partial charge >= 0.3 is 0 Å². The normalized spacial score (nSPS) is 15.0. The third kappa shape index (κ3) is 8.54. The van der Waals surface area contributed by atoms with Crippen molar-refractivity contribution < 1.29 is 9.47 Å². The molecular formula is C19H26Cl3NO2. The topological polar surface area (TPSA) is 21.7 Å². The van der Waals surface area contributed by atoms with Gasteiger partial charge in [0.2, 0.25) is 0 Å². The Labute approximate surface area is 165 Å². The van der Waals surface area contributed by atoms with Crippen LogP contribution in [0.15, 0.2) is 28.8 Å². The molecule has 1 aromatic rings. The molecule has 0 atom stereocenters. The van der Waals surface area contributed by atoms with Gasteiger partial charge in [-0.15, -0.1) is 0 Å². The maximum atomic E-state index is 6.20. The summed E-state index contributed by atoms with van der Waals surface area (Å²) in [6.07, 6.45) is 9.17. The van der Waals surface area contributed by atoms with Crippen molar-refractivity contribution >= 4 is 34.8 Å². The van der Waals surface area contributed by atoms with Crippen molar-refractivity contribution in [3.63, 3.8) is 0 Å². The van der Waals surface area contributed by atoms with Crippen LogP contribution in [0.3, 0.4) is 0 Å². The van der Waals surface area contributed by atoms with Gasteiger partial charge in [0, 0.05) is 6.07 Å². The fourth-order valence-corrected chi connectivity index (χ4v) is 3.22. The van der Waals surface area contributed by atoms with Crippen LogP contribution in [-0.4, -0.2) is 37.7 Å². The summed E-state index contributed by atoms with van der Waals surface area (Å²) in [6, 6.07) is 5.43. The first-order chi connectivity index (χ1) is 12.1. The van der Waals surface area contributed by atoms with Crippen molar-refractivity contribution in [1.29, 1.82) is 0 Å². The average Bonchev–Trinajstić information content (AvgIpc) is 2.60. The summed E-state index contributed by atoms with van der Waals surface area (Å²) >= 11 is 17.3. The molecule has 1 aliphatic rings. The zero-order valence-electron chi connectivity index (χ0n) is 14.5. The molecule has 6 heteroatoms. The van der Waals surface area contributed by atoms with E-state index in [1.165, 1.54) is 51.7 Å². The quantitative estimate of drug-likeness (QED) is 0.440. The molecule has 0 unspecified atom stereocenters. The highest BCUT2D eigenvalue weighted by molar-refractivity contribution is 6.55. The number of halogens is 3. The molecule has 0 bridgehead atoms. The minimum atomic E-state index is 0.177. The molecule has 0 aliphatic carbocycles. The van der Waals surface area contributed by atoms with Crippen LogP contribution in [0.5, 0.6) is 11.5 Å². The van der Waals surface area contributed by atoms with Crippen molar-refractivity contribution in [3.8, 4) is 11.5 Å². The molecule has 0 saturated carbocycles. The molecule has 3 nitrogen and oxygen atoms in total. The number of piperidine rings is 1. The van der Waals surface area contributed by atoms with Crippen molar-refractivity contribution in [3.05, 3.63) is 33.8 Å².